The van der Waals surface area contributed by atoms with Crippen molar-refractivity contribution in [3.05, 3.63) is 22.3 Å². The van der Waals surface area contributed by atoms with Crippen LogP contribution in [-0.4, -0.2) is 31.3 Å². The number of rotatable bonds is 2. The number of aromatic nitrogens is 1. The summed E-state index contributed by atoms with van der Waals surface area (Å²) in [4.78, 5) is 6.93. The van der Waals surface area contributed by atoms with Crippen LogP contribution < -0.4 is 4.90 Å². The molecule has 2 heterocycles. The van der Waals surface area contributed by atoms with Crippen molar-refractivity contribution in [3.63, 3.8) is 0 Å². The highest BCUT2D eigenvalue weighted by molar-refractivity contribution is 9.10. The lowest BCUT2D eigenvalue weighted by atomic mass is 9.96. The number of aryl methyl sites for hydroxylation is 1. The van der Waals surface area contributed by atoms with E-state index in [0.717, 1.165) is 35.5 Å². The van der Waals surface area contributed by atoms with E-state index in [0.29, 0.717) is 12.0 Å². The molecule has 3 nitrogen and oxygen atoms in total. The molecule has 1 aliphatic heterocycles. The number of pyridine rings is 1. The molecular formula is C13H19BrN2O. The monoisotopic (exact) mass is 298 g/mol. The van der Waals surface area contributed by atoms with Crippen molar-refractivity contribution < 1.29 is 4.74 Å². The fraction of sp³-hybridized carbons (Fsp3) is 0.615. The first kappa shape index (κ1) is 12.8. The molecule has 0 amide bonds. The molecule has 0 N–H and O–H groups in total. The molecular weight excluding hydrogens is 280 g/mol. The van der Waals surface area contributed by atoms with Crippen molar-refractivity contribution in [2.45, 2.75) is 26.4 Å². The number of anilines is 1. The van der Waals surface area contributed by atoms with Gasteiger partial charge in [0.05, 0.1) is 11.8 Å². The zero-order valence-electron chi connectivity index (χ0n) is 10.6. The zero-order valence-corrected chi connectivity index (χ0v) is 12.2. The maximum Gasteiger partial charge on any atom is 0.128 e. The Balaban J connectivity index is 2.14. The van der Waals surface area contributed by atoms with Crippen LogP contribution in [0.3, 0.4) is 0 Å². The van der Waals surface area contributed by atoms with E-state index in [1.807, 2.05) is 6.92 Å². The highest BCUT2D eigenvalue weighted by Crippen LogP contribution is 2.25. The Hall–Kier alpha value is -0.610. The molecule has 17 heavy (non-hydrogen) atoms. The molecule has 2 atom stereocenters. The van der Waals surface area contributed by atoms with Gasteiger partial charge in [-0.15, -0.1) is 0 Å². The van der Waals surface area contributed by atoms with Gasteiger partial charge < -0.3 is 9.64 Å². The third-order valence-electron chi connectivity index (χ3n) is 3.52. The van der Waals surface area contributed by atoms with E-state index < -0.39 is 0 Å². The summed E-state index contributed by atoms with van der Waals surface area (Å²) >= 11 is 3.48. The molecule has 4 heteroatoms. The molecule has 0 radical (unpaired) electrons. The Bertz CT molecular complexity index is 397. The molecule has 0 saturated carbocycles. The van der Waals surface area contributed by atoms with Crippen LogP contribution in [0.25, 0.3) is 0 Å². The first-order valence-corrected chi connectivity index (χ1v) is 6.82. The first-order chi connectivity index (χ1) is 8.11. The number of ether oxygens (including phenoxy) is 1. The van der Waals surface area contributed by atoms with E-state index in [9.17, 15) is 0 Å². The van der Waals surface area contributed by atoms with Crippen molar-refractivity contribution in [1.29, 1.82) is 0 Å². The van der Waals surface area contributed by atoms with Gasteiger partial charge in [0, 0.05) is 24.7 Å². The van der Waals surface area contributed by atoms with Crippen molar-refractivity contribution in [2.24, 2.45) is 5.92 Å². The predicted molar refractivity (Wildman–Crippen MR) is 73.5 cm³/mol. The summed E-state index contributed by atoms with van der Waals surface area (Å²) in [5.41, 5.74) is 1.04. The van der Waals surface area contributed by atoms with Crippen molar-refractivity contribution in [2.75, 3.05) is 25.1 Å². The summed E-state index contributed by atoms with van der Waals surface area (Å²) in [7, 11) is 1.80. The molecule has 1 aromatic heterocycles. The summed E-state index contributed by atoms with van der Waals surface area (Å²) in [6, 6.07) is 4.14. The number of halogens is 1. The molecule has 0 aromatic carbocycles. The Morgan fingerprint density at radius 1 is 1.47 bits per heavy atom. The van der Waals surface area contributed by atoms with Gasteiger partial charge in [-0.1, -0.05) is 6.92 Å². The molecule has 0 bridgehead atoms. The third kappa shape index (κ3) is 2.80. The zero-order chi connectivity index (χ0) is 12.4. The van der Waals surface area contributed by atoms with Gasteiger partial charge in [0.1, 0.15) is 5.82 Å². The van der Waals surface area contributed by atoms with Crippen LogP contribution in [-0.2, 0) is 4.74 Å². The van der Waals surface area contributed by atoms with Gasteiger partial charge in [-0.3, -0.25) is 0 Å². The number of hydrogen-bond acceptors (Lipinski definition) is 3. The average molecular weight is 299 g/mol. The topological polar surface area (TPSA) is 25.4 Å². The minimum atomic E-state index is 0.314. The van der Waals surface area contributed by atoms with Crippen LogP contribution in [0.2, 0.25) is 0 Å². The van der Waals surface area contributed by atoms with E-state index in [2.05, 4.69) is 44.9 Å². The predicted octanol–water partition coefficient (Wildman–Crippen LogP) is 3.01. The second-order valence-corrected chi connectivity index (χ2v) is 5.58. The lowest BCUT2D eigenvalue weighted by molar-refractivity contribution is 0.0496. The second kappa shape index (κ2) is 5.36. The fourth-order valence-electron chi connectivity index (χ4n) is 2.26. The molecule has 2 rings (SSSR count). The minimum absolute atomic E-state index is 0.314. The van der Waals surface area contributed by atoms with E-state index in [4.69, 9.17) is 4.74 Å². The fourth-order valence-corrected chi connectivity index (χ4v) is 2.48. The molecule has 94 valence electrons. The summed E-state index contributed by atoms with van der Waals surface area (Å²) in [6.45, 7) is 6.28. The maximum absolute atomic E-state index is 5.53. The van der Waals surface area contributed by atoms with Crippen LogP contribution in [0.4, 0.5) is 5.82 Å². The number of methoxy groups -OCH3 is 1. The molecule has 0 aliphatic carbocycles. The van der Waals surface area contributed by atoms with Crippen molar-refractivity contribution >= 4 is 21.7 Å². The molecule has 1 aliphatic rings. The minimum Gasteiger partial charge on any atom is -0.379 e. The molecule has 2 unspecified atom stereocenters. The maximum atomic E-state index is 5.53. The van der Waals surface area contributed by atoms with Crippen LogP contribution in [0.15, 0.2) is 16.6 Å². The largest absolute Gasteiger partial charge is 0.379 e. The van der Waals surface area contributed by atoms with Crippen molar-refractivity contribution in [3.8, 4) is 0 Å². The standard InChI is InChI=1S/C13H19BrN2O/c1-9-6-7-16(8-12(9)17-3)13-5-4-11(14)10(2)15-13/h4-5,9,12H,6-8H2,1-3H3. The van der Waals surface area contributed by atoms with Gasteiger partial charge in [-0.25, -0.2) is 4.98 Å². The summed E-state index contributed by atoms with van der Waals surface area (Å²) < 4.78 is 6.60. The van der Waals surface area contributed by atoms with Crippen LogP contribution >= 0.6 is 15.9 Å². The number of piperidine rings is 1. The van der Waals surface area contributed by atoms with Crippen LogP contribution in [0.1, 0.15) is 19.0 Å². The summed E-state index contributed by atoms with van der Waals surface area (Å²) in [6.07, 6.45) is 1.48. The lowest BCUT2D eigenvalue weighted by Gasteiger charge is -2.37. The highest BCUT2D eigenvalue weighted by atomic mass is 79.9. The highest BCUT2D eigenvalue weighted by Gasteiger charge is 2.26. The number of hydrogen-bond donors (Lipinski definition) is 0. The van der Waals surface area contributed by atoms with Crippen molar-refractivity contribution in [1.82, 2.24) is 4.98 Å². The summed E-state index contributed by atoms with van der Waals surface area (Å²) in [5, 5.41) is 0. The third-order valence-corrected chi connectivity index (χ3v) is 4.36. The molecule has 0 spiro atoms. The molecule has 1 saturated heterocycles. The van der Waals surface area contributed by atoms with Crippen LogP contribution in [0, 0.1) is 12.8 Å². The Labute approximate surface area is 111 Å². The quantitative estimate of drug-likeness (QED) is 0.839. The van der Waals surface area contributed by atoms with E-state index in [-0.39, 0.29) is 0 Å². The van der Waals surface area contributed by atoms with Gasteiger partial charge in [0.25, 0.3) is 0 Å². The smallest absolute Gasteiger partial charge is 0.128 e. The molecule has 1 fully saturated rings. The summed E-state index contributed by atoms with van der Waals surface area (Å²) in [5.74, 6) is 1.69. The second-order valence-electron chi connectivity index (χ2n) is 4.72. The van der Waals surface area contributed by atoms with Gasteiger partial charge >= 0.3 is 0 Å². The lowest BCUT2D eigenvalue weighted by Crippen LogP contribution is -2.44. The van der Waals surface area contributed by atoms with E-state index >= 15 is 0 Å². The van der Waals surface area contributed by atoms with Gasteiger partial charge in [0.2, 0.25) is 0 Å². The molecule has 1 aromatic rings. The van der Waals surface area contributed by atoms with E-state index in [1.165, 1.54) is 0 Å². The van der Waals surface area contributed by atoms with Crippen LogP contribution in [0.5, 0.6) is 0 Å². The average Bonchev–Trinajstić information content (AvgIpc) is 2.33. The first-order valence-electron chi connectivity index (χ1n) is 6.02. The normalized spacial score (nSPS) is 25.1. The van der Waals surface area contributed by atoms with E-state index in [1.54, 1.807) is 7.11 Å². The van der Waals surface area contributed by atoms with Gasteiger partial charge in [0.15, 0.2) is 0 Å². The van der Waals surface area contributed by atoms with Gasteiger partial charge in [-0.2, -0.15) is 0 Å². The Morgan fingerprint density at radius 3 is 2.88 bits per heavy atom. The Morgan fingerprint density at radius 2 is 2.24 bits per heavy atom. The Kier molecular flexibility index (Phi) is 4.05. The number of nitrogens with zero attached hydrogens (tertiary/aromatic N) is 2. The SMILES string of the molecule is COC1CN(c2ccc(Br)c(C)n2)CCC1C. The van der Waals surface area contributed by atoms with Gasteiger partial charge in [-0.05, 0) is 47.3 Å².